The van der Waals surface area contributed by atoms with E-state index in [1.54, 1.807) is 36.5 Å². The highest BCUT2D eigenvalue weighted by Crippen LogP contribution is 2.21. The van der Waals surface area contributed by atoms with Crippen molar-refractivity contribution in [3.05, 3.63) is 65.6 Å². The highest BCUT2D eigenvalue weighted by Gasteiger charge is 2.12. The second-order valence-corrected chi connectivity index (χ2v) is 4.78. The summed E-state index contributed by atoms with van der Waals surface area (Å²) in [5, 5.41) is 3.46. The lowest BCUT2D eigenvalue weighted by molar-refractivity contribution is 0.0952. The van der Waals surface area contributed by atoms with Gasteiger partial charge in [0.05, 0.1) is 5.56 Å². The van der Waals surface area contributed by atoms with Crippen LogP contribution in [0.25, 0.3) is 10.9 Å². The largest absolute Gasteiger partial charge is 0.399 e. The van der Waals surface area contributed by atoms with Crippen LogP contribution in [-0.4, -0.2) is 10.9 Å². The molecule has 0 atom stereocenters. The molecule has 21 heavy (non-hydrogen) atoms. The highest BCUT2D eigenvalue weighted by molar-refractivity contribution is 6.07. The Kier molecular flexibility index (Phi) is 3.31. The van der Waals surface area contributed by atoms with Gasteiger partial charge in [0.25, 0.3) is 5.91 Å². The SMILES string of the molecule is Nc1ccc2[nH]cc(C(=O)NCc3ccccc3F)c2c1. The molecule has 0 saturated heterocycles. The van der Waals surface area contributed by atoms with Crippen LogP contribution in [0.1, 0.15) is 15.9 Å². The molecule has 4 N–H and O–H groups in total. The molecule has 0 bridgehead atoms. The van der Waals surface area contributed by atoms with Crippen LogP contribution in [0.4, 0.5) is 10.1 Å². The van der Waals surface area contributed by atoms with Crippen molar-refractivity contribution in [2.24, 2.45) is 0 Å². The van der Waals surface area contributed by atoms with Gasteiger partial charge in [-0.1, -0.05) is 18.2 Å². The lowest BCUT2D eigenvalue weighted by Crippen LogP contribution is -2.23. The Balaban J connectivity index is 1.81. The molecule has 3 rings (SSSR count). The Bertz CT molecular complexity index is 810. The van der Waals surface area contributed by atoms with Crippen LogP contribution in [0.15, 0.2) is 48.7 Å². The second-order valence-electron chi connectivity index (χ2n) is 4.78. The van der Waals surface area contributed by atoms with Gasteiger partial charge in [-0.2, -0.15) is 0 Å². The van der Waals surface area contributed by atoms with Crippen LogP contribution < -0.4 is 11.1 Å². The minimum absolute atomic E-state index is 0.139. The van der Waals surface area contributed by atoms with E-state index in [0.717, 1.165) is 10.9 Å². The summed E-state index contributed by atoms with van der Waals surface area (Å²) in [4.78, 5) is 15.2. The monoisotopic (exact) mass is 283 g/mol. The van der Waals surface area contributed by atoms with E-state index in [0.29, 0.717) is 16.8 Å². The molecule has 4 nitrogen and oxygen atoms in total. The predicted molar refractivity (Wildman–Crippen MR) is 80.3 cm³/mol. The van der Waals surface area contributed by atoms with Gasteiger partial charge >= 0.3 is 0 Å². The highest BCUT2D eigenvalue weighted by atomic mass is 19.1. The van der Waals surface area contributed by atoms with Gasteiger partial charge < -0.3 is 16.0 Å². The minimum Gasteiger partial charge on any atom is -0.399 e. The van der Waals surface area contributed by atoms with E-state index < -0.39 is 0 Å². The van der Waals surface area contributed by atoms with Crippen LogP contribution >= 0.6 is 0 Å². The third-order valence-electron chi connectivity index (χ3n) is 3.35. The lowest BCUT2D eigenvalue weighted by Gasteiger charge is -2.05. The first-order chi connectivity index (χ1) is 10.1. The zero-order chi connectivity index (χ0) is 14.8. The molecule has 3 aromatic rings. The first-order valence-corrected chi connectivity index (χ1v) is 6.53. The van der Waals surface area contributed by atoms with Gasteiger partial charge in [-0.25, -0.2) is 4.39 Å². The molecule has 0 saturated carbocycles. The molecule has 0 aliphatic rings. The van der Waals surface area contributed by atoms with Crippen LogP contribution in [0.2, 0.25) is 0 Å². The number of hydrogen-bond donors (Lipinski definition) is 3. The van der Waals surface area contributed by atoms with E-state index in [-0.39, 0.29) is 18.3 Å². The number of carbonyl (C=O) groups is 1. The first kappa shape index (κ1) is 13.2. The zero-order valence-electron chi connectivity index (χ0n) is 11.2. The van der Waals surface area contributed by atoms with Gasteiger partial charge in [0, 0.05) is 34.9 Å². The number of benzene rings is 2. The summed E-state index contributed by atoms with van der Waals surface area (Å²) in [6.45, 7) is 0.139. The zero-order valence-corrected chi connectivity index (χ0v) is 11.2. The Morgan fingerprint density at radius 2 is 2.05 bits per heavy atom. The Morgan fingerprint density at radius 1 is 1.24 bits per heavy atom. The van der Waals surface area contributed by atoms with Crippen molar-refractivity contribution in [2.45, 2.75) is 6.54 Å². The maximum Gasteiger partial charge on any atom is 0.253 e. The fourth-order valence-electron chi connectivity index (χ4n) is 2.24. The molecular formula is C16H14FN3O. The van der Waals surface area contributed by atoms with Crippen molar-refractivity contribution in [2.75, 3.05) is 5.73 Å². The molecule has 0 aliphatic heterocycles. The summed E-state index contributed by atoms with van der Waals surface area (Å²) in [6.07, 6.45) is 1.63. The predicted octanol–water partition coefficient (Wildman–Crippen LogP) is 2.82. The maximum absolute atomic E-state index is 13.5. The Hall–Kier alpha value is -2.82. The standard InChI is InChI=1S/C16H14FN3O/c17-14-4-2-1-3-10(14)8-20-16(21)13-9-19-15-6-5-11(18)7-12(13)15/h1-7,9,19H,8,18H2,(H,20,21). The number of hydrogen-bond acceptors (Lipinski definition) is 2. The molecule has 0 fully saturated rings. The number of nitrogens with two attached hydrogens (primary N) is 1. The van der Waals surface area contributed by atoms with Crippen molar-refractivity contribution in [3.63, 3.8) is 0 Å². The Morgan fingerprint density at radius 3 is 2.86 bits per heavy atom. The van der Waals surface area contributed by atoms with Gasteiger partial charge in [0.15, 0.2) is 0 Å². The molecule has 0 aliphatic carbocycles. The smallest absolute Gasteiger partial charge is 0.253 e. The van der Waals surface area contributed by atoms with Crippen molar-refractivity contribution in [1.82, 2.24) is 10.3 Å². The fourth-order valence-corrected chi connectivity index (χ4v) is 2.24. The number of amides is 1. The molecular weight excluding hydrogens is 269 g/mol. The summed E-state index contributed by atoms with van der Waals surface area (Å²) < 4.78 is 13.5. The van der Waals surface area contributed by atoms with Crippen LogP contribution in [-0.2, 0) is 6.54 Å². The fraction of sp³-hybridized carbons (Fsp3) is 0.0625. The molecule has 2 aromatic carbocycles. The third-order valence-corrected chi connectivity index (χ3v) is 3.35. The number of rotatable bonds is 3. The van der Waals surface area contributed by atoms with Gasteiger partial charge in [0.2, 0.25) is 0 Å². The van der Waals surface area contributed by atoms with E-state index in [1.165, 1.54) is 6.07 Å². The average Bonchev–Trinajstić information content (AvgIpc) is 2.89. The normalized spacial score (nSPS) is 10.7. The van der Waals surface area contributed by atoms with E-state index >= 15 is 0 Å². The quantitative estimate of drug-likeness (QED) is 0.647. The van der Waals surface area contributed by atoms with Gasteiger partial charge in [-0.15, -0.1) is 0 Å². The lowest BCUT2D eigenvalue weighted by atomic mass is 10.1. The molecule has 1 heterocycles. The summed E-state index contributed by atoms with van der Waals surface area (Å²) in [5.74, 6) is -0.601. The minimum atomic E-state index is -0.332. The summed E-state index contributed by atoms with van der Waals surface area (Å²) in [5.41, 5.74) is 8.11. The van der Waals surface area contributed by atoms with E-state index in [1.807, 2.05) is 6.07 Å². The third kappa shape index (κ3) is 2.58. The number of fused-ring (bicyclic) bond motifs is 1. The van der Waals surface area contributed by atoms with Crippen molar-refractivity contribution < 1.29 is 9.18 Å². The summed E-state index contributed by atoms with van der Waals surface area (Å²) in [6, 6.07) is 11.7. The summed E-state index contributed by atoms with van der Waals surface area (Å²) in [7, 11) is 0. The Labute approximate surface area is 120 Å². The molecule has 0 unspecified atom stereocenters. The van der Waals surface area contributed by atoms with Crippen molar-refractivity contribution in [3.8, 4) is 0 Å². The summed E-state index contributed by atoms with van der Waals surface area (Å²) >= 11 is 0. The number of nitrogen functional groups attached to an aromatic ring is 1. The number of carbonyl (C=O) groups excluding carboxylic acids is 1. The molecule has 0 spiro atoms. The van der Waals surface area contributed by atoms with Crippen LogP contribution in [0.3, 0.4) is 0 Å². The van der Waals surface area contributed by atoms with Crippen LogP contribution in [0, 0.1) is 5.82 Å². The number of nitrogens with one attached hydrogen (secondary N) is 2. The molecule has 1 amide bonds. The van der Waals surface area contributed by atoms with Crippen molar-refractivity contribution in [1.29, 1.82) is 0 Å². The first-order valence-electron chi connectivity index (χ1n) is 6.53. The maximum atomic E-state index is 13.5. The molecule has 1 aromatic heterocycles. The topological polar surface area (TPSA) is 70.9 Å². The second kappa shape index (κ2) is 5.28. The molecule has 0 radical (unpaired) electrons. The van der Waals surface area contributed by atoms with E-state index in [4.69, 9.17) is 5.73 Å². The number of aromatic nitrogens is 1. The van der Waals surface area contributed by atoms with E-state index in [2.05, 4.69) is 10.3 Å². The van der Waals surface area contributed by atoms with Gasteiger partial charge in [-0.05, 0) is 24.3 Å². The number of H-pyrrole nitrogens is 1. The van der Waals surface area contributed by atoms with Crippen LogP contribution in [0.5, 0.6) is 0 Å². The molecule has 5 heteroatoms. The number of halogens is 1. The average molecular weight is 283 g/mol. The van der Waals surface area contributed by atoms with Gasteiger partial charge in [-0.3, -0.25) is 4.79 Å². The van der Waals surface area contributed by atoms with E-state index in [9.17, 15) is 9.18 Å². The van der Waals surface area contributed by atoms with Gasteiger partial charge in [0.1, 0.15) is 5.82 Å². The number of anilines is 1. The number of aromatic amines is 1. The molecule has 106 valence electrons. The van der Waals surface area contributed by atoms with Crippen molar-refractivity contribution >= 4 is 22.5 Å².